The number of hydrogen-bond donors (Lipinski definition) is 1. The first-order chi connectivity index (χ1) is 14.7. The lowest BCUT2D eigenvalue weighted by atomic mass is 9.78. The van der Waals surface area contributed by atoms with Crippen molar-refractivity contribution >= 4 is 16.8 Å². The quantitative estimate of drug-likeness (QED) is 0.731. The molecule has 0 bridgehead atoms. The minimum Gasteiger partial charge on any atom is -0.348 e. The lowest BCUT2D eigenvalue weighted by molar-refractivity contribution is -0.143. The average molecular weight is 404 g/mol. The molecule has 6 rings (SSSR count). The van der Waals surface area contributed by atoms with Gasteiger partial charge >= 0.3 is 0 Å². The van der Waals surface area contributed by atoms with Crippen molar-refractivity contribution in [2.24, 2.45) is 13.0 Å². The van der Waals surface area contributed by atoms with E-state index < -0.39 is 0 Å². The summed E-state index contributed by atoms with van der Waals surface area (Å²) in [5, 5.41) is 1.30. The highest BCUT2D eigenvalue weighted by atomic mass is 16.2. The van der Waals surface area contributed by atoms with E-state index in [1.165, 1.54) is 22.3 Å². The fourth-order valence-corrected chi connectivity index (χ4v) is 5.66. The molecule has 30 heavy (non-hydrogen) atoms. The maximum absolute atomic E-state index is 13.2. The van der Waals surface area contributed by atoms with E-state index in [0.29, 0.717) is 5.91 Å². The number of para-hydroxylation sites is 1. The number of fused-ring (bicyclic) bond motifs is 3. The van der Waals surface area contributed by atoms with Crippen molar-refractivity contribution in [3.05, 3.63) is 53.7 Å². The molecule has 1 saturated carbocycles. The van der Waals surface area contributed by atoms with Gasteiger partial charge in [0.1, 0.15) is 0 Å². The van der Waals surface area contributed by atoms with Gasteiger partial charge in [-0.3, -0.25) is 9.69 Å². The van der Waals surface area contributed by atoms with Gasteiger partial charge in [0.25, 0.3) is 0 Å². The second-order valence-corrected chi connectivity index (χ2v) is 9.31. The van der Waals surface area contributed by atoms with E-state index in [9.17, 15) is 4.79 Å². The molecule has 1 amide bonds. The van der Waals surface area contributed by atoms with E-state index in [1.54, 1.807) is 0 Å². The summed E-state index contributed by atoms with van der Waals surface area (Å²) in [6, 6.07) is 10.9. The maximum atomic E-state index is 13.2. The van der Waals surface area contributed by atoms with Crippen LogP contribution in [0.15, 0.2) is 36.7 Å². The fraction of sp³-hybridized carbons (Fsp3) is 0.500. The number of piperidine rings is 1. The summed E-state index contributed by atoms with van der Waals surface area (Å²) in [6.07, 6.45) is 6.77. The molecule has 1 aliphatic carbocycles. The number of amides is 1. The first-order valence-corrected chi connectivity index (χ1v) is 11.3. The van der Waals surface area contributed by atoms with Crippen molar-refractivity contribution < 1.29 is 4.79 Å². The monoisotopic (exact) mass is 403 g/mol. The predicted octanol–water partition coefficient (Wildman–Crippen LogP) is 3.19. The van der Waals surface area contributed by atoms with Gasteiger partial charge < -0.3 is 14.5 Å². The van der Waals surface area contributed by atoms with Crippen molar-refractivity contribution in [1.29, 1.82) is 0 Å². The second kappa shape index (κ2) is 6.71. The summed E-state index contributed by atoms with van der Waals surface area (Å²) >= 11 is 0. The minimum absolute atomic E-state index is 0.220. The Balaban J connectivity index is 1.25. The third kappa shape index (κ3) is 2.73. The number of hydrogen-bond acceptors (Lipinski definition) is 3. The molecular weight excluding hydrogens is 374 g/mol. The van der Waals surface area contributed by atoms with Crippen LogP contribution >= 0.6 is 0 Å². The highest BCUT2D eigenvalue weighted by Crippen LogP contribution is 2.45. The van der Waals surface area contributed by atoms with Crippen molar-refractivity contribution in [3.63, 3.8) is 0 Å². The van der Waals surface area contributed by atoms with E-state index in [2.05, 4.69) is 56.7 Å². The maximum Gasteiger partial charge on any atom is 0.226 e. The normalized spacial score (nSPS) is 21.3. The summed E-state index contributed by atoms with van der Waals surface area (Å²) < 4.78 is 2.31. The average Bonchev–Trinajstić information content (AvgIpc) is 3.43. The molecule has 1 aromatic carbocycles. The van der Waals surface area contributed by atoms with Gasteiger partial charge in [-0.15, -0.1) is 0 Å². The third-order valence-electron chi connectivity index (χ3n) is 7.57. The Morgan fingerprint density at radius 3 is 2.77 bits per heavy atom. The van der Waals surface area contributed by atoms with Crippen LogP contribution in [0.5, 0.6) is 0 Å². The Bertz CT molecular complexity index is 1100. The number of aromatic nitrogens is 3. The number of imidazole rings is 1. The molecule has 6 nitrogen and oxygen atoms in total. The molecule has 0 unspecified atom stereocenters. The number of H-pyrrole nitrogens is 1. The van der Waals surface area contributed by atoms with E-state index in [4.69, 9.17) is 4.98 Å². The number of carbonyl (C=O) groups excluding carboxylic acids is 1. The molecular formula is C24H29N5O. The van der Waals surface area contributed by atoms with Crippen LogP contribution in [0.3, 0.4) is 0 Å². The smallest absolute Gasteiger partial charge is 0.226 e. The summed E-state index contributed by atoms with van der Waals surface area (Å²) in [7, 11) is 2.16. The molecule has 2 aliphatic heterocycles. The minimum atomic E-state index is -0.220. The van der Waals surface area contributed by atoms with Crippen LogP contribution in [0.2, 0.25) is 0 Å². The molecule has 0 atom stereocenters. The van der Waals surface area contributed by atoms with Crippen LogP contribution in [0.1, 0.15) is 42.8 Å². The largest absolute Gasteiger partial charge is 0.348 e. The van der Waals surface area contributed by atoms with Gasteiger partial charge in [0.15, 0.2) is 0 Å². The highest BCUT2D eigenvalue weighted by Gasteiger charge is 2.50. The zero-order valence-electron chi connectivity index (χ0n) is 17.6. The van der Waals surface area contributed by atoms with Gasteiger partial charge in [0, 0.05) is 62.5 Å². The standard InChI is InChI=1S/C24H29N5O/c1-27-19(14-18-4-2-3-5-21(18)27)15-28-12-9-24(10-13-28)22-20(25-16-26-22)8-11-29(24)23(30)17-6-7-17/h2-5,14,16-17H,6-13,15H2,1H3,(H,25,26). The number of nitrogens with one attached hydrogen (secondary N) is 1. The van der Waals surface area contributed by atoms with E-state index >= 15 is 0 Å². The highest BCUT2D eigenvalue weighted by molar-refractivity contribution is 5.82. The summed E-state index contributed by atoms with van der Waals surface area (Å²) in [5.74, 6) is 0.627. The number of aromatic amines is 1. The van der Waals surface area contributed by atoms with Crippen molar-refractivity contribution in [2.75, 3.05) is 19.6 Å². The predicted molar refractivity (Wildman–Crippen MR) is 116 cm³/mol. The van der Waals surface area contributed by atoms with Crippen LogP contribution < -0.4 is 0 Å². The SMILES string of the molecule is Cn1c(CN2CCC3(CC2)c2nc[nH]c2CCN3C(=O)C2CC2)cc2ccccc21. The van der Waals surface area contributed by atoms with Gasteiger partial charge in [-0.1, -0.05) is 18.2 Å². The summed E-state index contributed by atoms with van der Waals surface area (Å²) in [4.78, 5) is 26.0. The number of likely N-dealkylation sites (tertiary alicyclic amines) is 1. The lowest BCUT2D eigenvalue weighted by Crippen LogP contribution is -2.58. The molecule has 1 N–H and O–H groups in total. The van der Waals surface area contributed by atoms with E-state index in [1.807, 2.05) is 6.33 Å². The van der Waals surface area contributed by atoms with Crippen LogP contribution in [0.25, 0.3) is 10.9 Å². The number of rotatable bonds is 3. The van der Waals surface area contributed by atoms with Crippen molar-refractivity contribution in [1.82, 2.24) is 24.3 Å². The van der Waals surface area contributed by atoms with E-state index in [-0.39, 0.29) is 11.5 Å². The van der Waals surface area contributed by atoms with Gasteiger partial charge in [0.2, 0.25) is 5.91 Å². The molecule has 1 spiro atoms. The first-order valence-electron chi connectivity index (χ1n) is 11.3. The van der Waals surface area contributed by atoms with Crippen molar-refractivity contribution in [2.45, 2.75) is 44.2 Å². The molecule has 3 aliphatic rings. The third-order valence-corrected chi connectivity index (χ3v) is 7.57. The molecule has 2 fully saturated rings. The fourth-order valence-electron chi connectivity index (χ4n) is 5.66. The Morgan fingerprint density at radius 2 is 2.00 bits per heavy atom. The molecule has 1 saturated heterocycles. The summed E-state index contributed by atoms with van der Waals surface area (Å²) in [5.41, 5.74) is 4.78. The van der Waals surface area contributed by atoms with Gasteiger partial charge in [-0.25, -0.2) is 4.98 Å². The number of carbonyl (C=O) groups is 1. The Kier molecular flexibility index (Phi) is 4.07. The molecule has 2 aromatic heterocycles. The first kappa shape index (κ1) is 18.2. The Labute approximate surface area is 176 Å². The van der Waals surface area contributed by atoms with Crippen LogP contribution in [0.4, 0.5) is 0 Å². The lowest BCUT2D eigenvalue weighted by Gasteiger charge is -2.50. The molecule has 6 heteroatoms. The van der Waals surface area contributed by atoms with Crippen LogP contribution in [0, 0.1) is 5.92 Å². The number of aryl methyl sites for hydroxylation is 1. The van der Waals surface area contributed by atoms with Crippen LogP contribution in [-0.4, -0.2) is 49.9 Å². The number of benzene rings is 1. The molecule has 156 valence electrons. The second-order valence-electron chi connectivity index (χ2n) is 9.31. The van der Waals surface area contributed by atoms with Crippen LogP contribution in [-0.2, 0) is 30.3 Å². The number of nitrogens with zero attached hydrogens (tertiary/aromatic N) is 4. The van der Waals surface area contributed by atoms with E-state index in [0.717, 1.165) is 64.0 Å². The summed E-state index contributed by atoms with van der Waals surface area (Å²) in [6.45, 7) is 3.75. The zero-order valence-corrected chi connectivity index (χ0v) is 17.6. The molecule has 3 aromatic rings. The molecule has 0 radical (unpaired) electrons. The molecule has 4 heterocycles. The van der Waals surface area contributed by atoms with Gasteiger partial charge in [-0.05, 0) is 43.2 Å². The topological polar surface area (TPSA) is 57.2 Å². The van der Waals surface area contributed by atoms with Gasteiger partial charge in [-0.2, -0.15) is 0 Å². The Morgan fingerprint density at radius 1 is 1.20 bits per heavy atom. The van der Waals surface area contributed by atoms with Gasteiger partial charge in [0.05, 0.1) is 17.6 Å². The Hall–Kier alpha value is -2.60. The van der Waals surface area contributed by atoms with Crippen molar-refractivity contribution in [3.8, 4) is 0 Å². The zero-order chi connectivity index (χ0) is 20.3.